The summed E-state index contributed by atoms with van der Waals surface area (Å²) in [5, 5.41) is 24.2. The highest BCUT2D eigenvalue weighted by Gasteiger charge is 2.88. The summed E-state index contributed by atoms with van der Waals surface area (Å²) in [5.74, 6) is -0.192. The fourth-order valence-corrected chi connectivity index (χ4v) is 10.6. The Morgan fingerprint density at radius 3 is 2.45 bits per heavy atom. The zero-order chi connectivity index (χ0) is 23.5. The van der Waals surface area contributed by atoms with Gasteiger partial charge in [-0.25, -0.2) is 0 Å². The van der Waals surface area contributed by atoms with Crippen molar-refractivity contribution in [3.05, 3.63) is 0 Å². The van der Waals surface area contributed by atoms with Crippen LogP contribution in [-0.4, -0.2) is 105 Å². The fraction of sp³-hybridized carbons (Fsp3) is 0.960. The number of nitrogens with zero attached hydrogens (tertiary/aromatic N) is 1. The van der Waals surface area contributed by atoms with Gasteiger partial charge in [0.1, 0.15) is 6.10 Å². The number of carbonyl (C=O) groups is 1. The van der Waals surface area contributed by atoms with Crippen molar-refractivity contribution in [3.8, 4) is 0 Å². The molecule has 0 aromatic rings. The zero-order valence-electron chi connectivity index (χ0n) is 20.4. The molecule has 1 aliphatic heterocycles. The minimum atomic E-state index is -1.05. The van der Waals surface area contributed by atoms with Gasteiger partial charge in [0.05, 0.1) is 30.5 Å². The molecule has 186 valence electrons. The lowest BCUT2D eigenvalue weighted by molar-refractivity contribution is -0.324. The predicted molar refractivity (Wildman–Crippen MR) is 117 cm³/mol. The Bertz CT molecular complexity index is 840. The monoisotopic (exact) mass is 465 g/mol. The molecule has 5 saturated carbocycles. The van der Waals surface area contributed by atoms with Crippen molar-refractivity contribution in [3.63, 3.8) is 0 Å². The minimum Gasteiger partial charge on any atom is -0.392 e. The molecule has 0 aromatic carbocycles. The first kappa shape index (κ1) is 22.8. The van der Waals surface area contributed by atoms with E-state index in [1.165, 1.54) is 0 Å². The van der Waals surface area contributed by atoms with E-state index in [1.54, 1.807) is 28.4 Å². The molecule has 1 saturated heterocycles. The van der Waals surface area contributed by atoms with Gasteiger partial charge in [-0.3, -0.25) is 9.69 Å². The van der Waals surface area contributed by atoms with Crippen molar-refractivity contribution in [1.29, 1.82) is 0 Å². The Labute approximate surface area is 195 Å². The summed E-state index contributed by atoms with van der Waals surface area (Å²) in [6, 6.07) is 0.0674. The number of ketones is 1. The Hall–Kier alpha value is -0.610. The molecule has 2 N–H and O–H groups in total. The van der Waals surface area contributed by atoms with Crippen molar-refractivity contribution >= 4 is 5.78 Å². The van der Waals surface area contributed by atoms with Gasteiger partial charge < -0.3 is 29.2 Å². The van der Waals surface area contributed by atoms with Crippen LogP contribution in [0.15, 0.2) is 0 Å². The van der Waals surface area contributed by atoms with Crippen LogP contribution in [0.2, 0.25) is 0 Å². The quantitative estimate of drug-likeness (QED) is 0.580. The standard InChI is InChI=1S/C25H39NO7/c1-6-26-10-23(11-30-2)15(27)8-16(32-4)25-13-7-12-17(13)24(29,9-14(31-3)19(12)28)18(22(25)26)20(33-5)21(23)25/h12-18,20-22,27,29H,6-11H2,1-5H3/t12-,13+,14-,15+,16-,17-,18-,20-,21+,22?,23-,24+,25-/m0/s1. The van der Waals surface area contributed by atoms with Crippen molar-refractivity contribution in [2.45, 2.75) is 62.2 Å². The summed E-state index contributed by atoms with van der Waals surface area (Å²) in [4.78, 5) is 15.7. The molecule has 5 bridgehead atoms. The van der Waals surface area contributed by atoms with E-state index in [4.69, 9.17) is 18.9 Å². The highest BCUT2D eigenvalue weighted by Crippen LogP contribution is 2.80. The van der Waals surface area contributed by atoms with E-state index in [2.05, 4.69) is 11.8 Å². The van der Waals surface area contributed by atoms with Gasteiger partial charge in [-0.2, -0.15) is 0 Å². The molecule has 6 rings (SSSR count). The highest BCUT2D eigenvalue weighted by molar-refractivity contribution is 5.88. The molecule has 1 spiro atoms. The third-order valence-electron chi connectivity index (χ3n) is 11.3. The van der Waals surface area contributed by atoms with Crippen LogP contribution in [0.1, 0.15) is 26.2 Å². The molecular weight excluding hydrogens is 426 g/mol. The molecule has 0 radical (unpaired) electrons. The first-order chi connectivity index (χ1) is 15.8. The van der Waals surface area contributed by atoms with Crippen LogP contribution >= 0.6 is 0 Å². The number of fused-ring (bicyclic) bond motifs is 1. The van der Waals surface area contributed by atoms with Gasteiger partial charge >= 0.3 is 0 Å². The lowest BCUT2D eigenvalue weighted by Gasteiger charge is -2.75. The Balaban J connectivity index is 1.61. The number of likely N-dealkylation sites (tertiary alicyclic amines) is 1. The van der Waals surface area contributed by atoms with E-state index in [0.29, 0.717) is 26.0 Å². The molecule has 8 heteroatoms. The minimum absolute atomic E-state index is 0.0156. The second-order valence-electron chi connectivity index (χ2n) is 11.7. The van der Waals surface area contributed by atoms with Crippen LogP contribution in [0, 0.1) is 40.4 Å². The first-order valence-electron chi connectivity index (χ1n) is 12.6. The number of carbonyl (C=O) groups excluding carboxylic acids is 1. The predicted octanol–water partition coefficient (Wildman–Crippen LogP) is 0.335. The van der Waals surface area contributed by atoms with E-state index in [9.17, 15) is 15.0 Å². The maximum atomic E-state index is 13.2. The van der Waals surface area contributed by atoms with Gasteiger partial charge in [-0.1, -0.05) is 6.92 Å². The molecule has 1 unspecified atom stereocenters. The van der Waals surface area contributed by atoms with E-state index >= 15 is 0 Å². The van der Waals surface area contributed by atoms with Crippen LogP contribution in [0.5, 0.6) is 0 Å². The van der Waals surface area contributed by atoms with Gasteiger partial charge in [-0.05, 0) is 18.9 Å². The lowest BCUT2D eigenvalue weighted by atomic mass is 9.34. The van der Waals surface area contributed by atoms with E-state index in [1.807, 2.05) is 0 Å². The summed E-state index contributed by atoms with van der Waals surface area (Å²) >= 11 is 0. The molecule has 5 aliphatic carbocycles. The summed E-state index contributed by atoms with van der Waals surface area (Å²) < 4.78 is 23.9. The number of aliphatic hydroxyl groups excluding tert-OH is 1. The summed E-state index contributed by atoms with van der Waals surface area (Å²) in [6.07, 6.45) is 0.0408. The number of hydrogen-bond donors (Lipinski definition) is 2. The maximum absolute atomic E-state index is 13.2. The molecule has 0 amide bonds. The van der Waals surface area contributed by atoms with Crippen molar-refractivity contribution in [2.75, 3.05) is 48.1 Å². The van der Waals surface area contributed by atoms with Gasteiger partial charge in [0.15, 0.2) is 5.78 Å². The second kappa shape index (κ2) is 7.21. The van der Waals surface area contributed by atoms with Gasteiger partial charge in [0.2, 0.25) is 0 Å². The second-order valence-corrected chi connectivity index (χ2v) is 11.7. The average molecular weight is 466 g/mol. The number of rotatable bonds is 6. The van der Waals surface area contributed by atoms with Gasteiger partial charge in [0, 0.05) is 88.4 Å². The molecule has 0 aromatic heterocycles. The molecule has 1 heterocycles. The lowest BCUT2D eigenvalue weighted by Crippen LogP contribution is -2.82. The van der Waals surface area contributed by atoms with Gasteiger partial charge in [0.25, 0.3) is 0 Å². The number of aliphatic hydroxyl groups is 2. The van der Waals surface area contributed by atoms with E-state index in [-0.39, 0.29) is 59.0 Å². The Morgan fingerprint density at radius 2 is 1.85 bits per heavy atom. The van der Waals surface area contributed by atoms with Crippen LogP contribution in [0.25, 0.3) is 0 Å². The normalized spacial score (nSPS) is 58.7. The van der Waals surface area contributed by atoms with E-state index in [0.717, 1.165) is 13.0 Å². The molecule has 6 aliphatic rings. The van der Waals surface area contributed by atoms with Crippen molar-refractivity contribution in [2.24, 2.45) is 40.4 Å². The topological polar surface area (TPSA) is 97.7 Å². The number of methoxy groups -OCH3 is 4. The summed E-state index contributed by atoms with van der Waals surface area (Å²) in [6.45, 7) is 4.12. The average Bonchev–Trinajstić information content (AvgIpc) is 2.97. The summed E-state index contributed by atoms with van der Waals surface area (Å²) in [5.41, 5.74) is -1.85. The highest BCUT2D eigenvalue weighted by atomic mass is 16.5. The van der Waals surface area contributed by atoms with Crippen molar-refractivity contribution in [1.82, 2.24) is 4.90 Å². The number of Topliss-reactive ketones (excluding diaryl/α,β-unsaturated/α-hetero) is 1. The third kappa shape index (κ3) is 2.27. The first-order valence-corrected chi connectivity index (χ1v) is 12.6. The Kier molecular flexibility index (Phi) is 4.99. The van der Waals surface area contributed by atoms with Crippen LogP contribution < -0.4 is 0 Å². The SMILES string of the molecule is CCN1C[C@]2(COC)[C@H](O)C[C@H](OC)[C@]34C1[C@H]([C@H](OC)[C@H]23)[C@@]1(O)C[C@H](OC)C(=O)[C@H]2C[C@@H]4[C@H]21. The molecular formula is C25H39NO7. The smallest absolute Gasteiger partial charge is 0.165 e. The molecule has 13 atom stereocenters. The maximum Gasteiger partial charge on any atom is 0.165 e. The largest absolute Gasteiger partial charge is 0.392 e. The fourth-order valence-electron chi connectivity index (χ4n) is 10.6. The number of piperidine rings is 1. The van der Waals surface area contributed by atoms with Crippen LogP contribution in [-0.2, 0) is 23.7 Å². The molecule has 8 nitrogen and oxygen atoms in total. The zero-order valence-corrected chi connectivity index (χ0v) is 20.4. The Morgan fingerprint density at radius 1 is 1.09 bits per heavy atom. The summed E-state index contributed by atoms with van der Waals surface area (Å²) in [7, 11) is 6.77. The van der Waals surface area contributed by atoms with E-state index < -0.39 is 23.2 Å². The van der Waals surface area contributed by atoms with Gasteiger partial charge in [-0.15, -0.1) is 0 Å². The number of ether oxygens (including phenoxy) is 4. The third-order valence-corrected chi connectivity index (χ3v) is 11.3. The number of hydrogen-bond acceptors (Lipinski definition) is 8. The molecule has 6 fully saturated rings. The van der Waals surface area contributed by atoms with Crippen LogP contribution in [0.4, 0.5) is 0 Å². The van der Waals surface area contributed by atoms with Crippen LogP contribution in [0.3, 0.4) is 0 Å². The van der Waals surface area contributed by atoms with Crippen molar-refractivity contribution < 1.29 is 34.0 Å². The molecule has 33 heavy (non-hydrogen) atoms.